The summed E-state index contributed by atoms with van der Waals surface area (Å²) in [5.41, 5.74) is 4.70. The van der Waals surface area contributed by atoms with E-state index in [0.29, 0.717) is 0 Å². The van der Waals surface area contributed by atoms with Crippen molar-refractivity contribution in [3.63, 3.8) is 0 Å². The third-order valence-electron chi connectivity index (χ3n) is 3.51. The van der Waals surface area contributed by atoms with Crippen LogP contribution in [0.5, 0.6) is 0 Å². The molecule has 0 saturated heterocycles. The van der Waals surface area contributed by atoms with Crippen molar-refractivity contribution >= 4 is 23.0 Å². The monoisotopic (exact) mass is 243 g/mol. The molecule has 1 N–H and O–H groups in total. The van der Waals surface area contributed by atoms with Crippen LogP contribution in [0.1, 0.15) is 25.0 Å². The van der Waals surface area contributed by atoms with Crippen molar-refractivity contribution in [2.45, 2.75) is 19.3 Å². The van der Waals surface area contributed by atoms with Gasteiger partial charge in [-0.15, -0.1) is 0 Å². The molecule has 1 aliphatic heterocycles. The maximum Gasteiger partial charge on any atom is 0.0467 e. The van der Waals surface area contributed by atoms with E-state index >= 15 is 0 Å². The lowest BCUT2D eigenvalue weighted by molar-refractivity contribution is 0.638. The quantitative estimate of drug-likeness (QED) is 0.706. The lowest BCUT2D eigenvalue weighted by atomic mass is 9.74. The molecule has 17 heavy (non-hydrogen) atoms. The van der Waals surface area contributed by atoms with E-state index in [0.717, 1.165) is 10.7 Å². The van der Waals surface area contributed by atoms with Gasteiger partial charge in [0.15, 0.2) is 0 Å². The standard InChI is InChI=1S/C15H14ClN/c1-15(2)10-6-3-4-8-12(10)17-13-9-5-7-11(16)14(13)15/h3-9,17H,1-2H3. The number of hydrogen-bond acceptors (Lipinski definition) is 1. The molecule has 1 heterocycles. The van der Waals surface area contributed by atoms with Crippen molar-refractivity contribution in [1.29, 1.82) is 0 Å². The van der Waals surface area contributed by atoms with Gasteiger partial charge in [-0.1, -0.05) is 49.7 Å². The Morgan fingerprint density at radius 1 is 0.941 bits per heavy atom. The van der Waals surface area contributed by atoms with Crippen LogP contribution < -0.4 is 5.32 Å². The first-order chi connectivity index (χ1) is 8.10. The highest BCUT2D eigenvalue weighted by Crippen LogP contribution is 2.47. The van der Waals surface area contributed by atoms with Crippen LogP contribution in [0, 0.1) is 0 Å². The summed E-state index contributed by atoms with van der Waals surface area (Å²) in [6, 6.07) is 14.4. The Bertz CT molecular complexity index is 587. The van der Waals surface area contributed by atoms with Crippen molar-refractivity contribution in [2.75, 3.05) is 5.32 Å². The van der Waals surface area contributed by atoms with Gasteiger partial charge in [0, 0.05) is 27.4 Å². The van der Waals surface area contributed by atoms with Gasteiger partial charge in [0.25, 0.3) is 0 Å². The summed E-state index contributed by atoms with van der Waals surface area (Å²) in [7, 11) is 0. The highest BCUT2D eigenvalue weighted by molar-refractivity contribution is 6.32. The van der Waals surface area contributed by atoms with E-state index in [9.17, 15) is 0 Å². The van der Waals surface area contributed by atoms with E-state index < -0.39 is 0 Å². The zero-order valence-corrected chi connectivity index (χ0v) is 10.7. The molecule has 3 rings (SSSR count). The summed E-state index contributed by atoms with van der Waals surface area (Å²) < 4.78 is 0. The average molecular weight is 244 g/mol. The van der Waals surface area contributed by atoms with Gasteiger partial charge >= 0.3 is 0 Å². The number of nitrogens with one attached hydrogen (secondary N) is 1. The van der Waals surface area contributed by atoms with E-state index in [4.69, 9.17) is 11.6 Å². The van der Waals surface area contributed by atoms with Crippen LogP contribution in [0.2, 0.25) is 5.02 Å². The molecule has 0 amide bonds. The second-order valence-corrected chi connectivity index (χ2v) is 5.37. The molecule has 0 unspecified atom stereocenters. The molecule has 86 valence electrons. The van der Waals surface area contributed by atoms with Crippen LogP contribution in [0.3, 0.4) is 0 Å². The van der Waals surface area contributed by atoms with Gasteiger partial charge in [-0.05, 0) is 23.8 Å². The molecule has 0 atom stereocenters. The fraction of sp³-hybridized carbons (Fsp3) is 0.200. The minimum Gasteiger partial charge on any atom is -0.355 e. The van der Waals surface area contributed by atoms with E-state index in [-0.39, 0.29) is 5.41 Å². The number of fused-ring (bicyclic) bond motifs is 2. The predicted molar refractivity (Wildman–Crippen MR) is 73.3 cm³/mol. The van der Waals surface area contributed by atoms with Gasteiger partial charge in [-0.25, -0.2) is 0 Å². The predicted octanol–water partition coefficient (Wildman–Crippen LogP) is 4.72. The highest BCUT2D eigenvalue weighted by Gasteiger charge is 2.33. The second-order valence-electron chi connectivity index (χ2n) is 4.96. The lowest BCUT2D eigenvalue weighted by Crippen LogP contribution is -2.26. The van der Waals surface area contributed by atoms with Crippen molar-refractivity contribution < 1.29 is 0 Å². The smallest absolute Gasteiger partial charge is 0.0467 e. The number of benzene rings is 2. The molecule has 2 aromatic rings. The first kappa shape index (κ1) is 10.7. The summed E-state index contributed by atoms with van der Waals surface area (Å²) >= 11 is 6.35. The third kappa shape index (κ3) is 1.46. The van der Waals surface area contributed by atoms with Crippen molar-refractivity contribution in [2.24, 2.45) is 0 Å². The molecular formula is C15H14ClN. The van der Waals surface area contributed by atoms with Gasteiger partial charge in [0.1, 0.15) is 0 Å². The number of halogens is 1. The first-order valence-electron chi connectivity index (χ1n) is 5.76. The van der Waals surface area contributed by atoms with Crippen LogP contribution in [0.15, 0.2) is 42.5 Å². The Labute approximate surface area is 106 Å². The molecule has 1 nitrogen and oxygen atoms in total. The van der Waals surface area contributed by atoms with Crippen LogP contribution in [0.25, 0.3) is 0 Å². The largest absolute Gasteiger partial charge is 0.355 e. The normalized spacial score (nSPS) is 15.7. The summed E-state index contributed by atoms with van der Waals surface area (Å²) in [6.45, 7) is 4.44. The Morgan fingerprint density at radius 3 is 2.47 bits per heavy atom. The molecule has 1 aliphatic rings. The summed E-state index contributed by atoms with van der Waals surface area (Å²) in [5.74, 6) is 0. The minimum absolute atomic E-state index is 0.0600. The summed E-state index contributed by atoms with van der Waals surface area (Å²) in [4.78, 5) is 0. The zero-order chi connectivity index (χ0) is 12.0. The van der Waals surface area contributed by atoms with E-state index in [1.807, 2.05) is 12.1 Å². The minimum atomic E-state index is -0.0600. The second kappa shape index (κ2) is 3.51. The molecule has 0 saturated carbocycles. The maximum atomic E-state index is 6.35. The van der Waals surface area contributed by atoms with Crippen LogP contribution in [0.4, 0.5) is 11.4 Å². The van der Waals surface area contributed by atoms with Gasteiger partial charge in [-0.2, -0.15) is 0 Å². The number of hydrogen-bond donors (Lipinski definition) is 1. The Balaban J connectivity index is 2.32. The Morgan fingerprint density at radius 2 is 1.65 bits per heavy atom. The number of para-hydroxylation sites is 1. The van der Waals surface area contributed by atoms with E-state index in [1.54, 1.807) is 0 Å². The molecule has 0 spiro atoms. The van der Waals surface area contributed by atoms with Gasteiger partial charge in [0.2, 0.25) is 0 Å². The molecular weight excluding hydrogens is 230 g/mol. The third-order valence-corrected chi connectivity index (χ3v) is 3.82. The van der Waals surface area contributed by atoms with E-state index in [1.165, 1.54) is 16.8 Å². The fourth-order valence-electron chi connectivity index (χ4n) is 2.68. The molecule has 0 aliphatic carbocycles. The maximum absolute atomic E-state index is 6.35. The Hall–Kier alpha value is -1.47. The topological polar surface area (TPSA) is 12.0 Å². The van der Waals surface area contributed by atoms with Gasteiger partial charge in [-0.3, -0.25) is 0 Å². The fourth-order valence-corrected chi connectivity index (χ4v) is 3.09. The SMILES string of the molecule is CC1(C)c2ccccc2Nc2cccc(Cl)c21. The van der Waals surface area contributed by atoms with Crippen LogP contribution in [-0.2, 0) is 5.41 Å². The number of rotatable bonds is 0. The summed E-state index contributed by atoms with van der Waals surface area (Å²) in [5, 5.41) is 4.28. The molecule has 2 aromatic carbocycles. The summed E-state index contributed by atoms with van der Waals surface area (Å²) in [6.07, 6.45) is 0. The average Bonchev–Trinajstić information content (AvgIpc) is 2.28. The lowest BCUT2D eigenvalue weighted by Gasteiger charge is -2.36. The van der Waals surface area contributed by atoms with Gasteiger partial charge in [0.05, 0.1) is 0 Å². The molecule has 0 radical (unpaired) electrons. The molecule has 0 fully saturated rings. The van der Waals surface area contributed by atoms with Gasteiger partial charge < -0.3 is 5.32 Å². The van der Waals surface area contributed by atoms with Crippen LogP contribution >= 0.6 is 11.6 Å². The van der Waals surface area contributed by atoms with Crippen molar-refractivity contribution in [1.82, 2.24) is 0 Å². The first-order valence-corrected chi connectivity index (χ1v) is 6.14. The zero-order valence-electron chi connectivity index (χ0n) is 9.92. The van der Waals surface area contributed by atoms with Crippen LogP contribution in [-0.4, -0.2) is 0 Å². The number of anilines is 2. The molecule has 0 aromatic heterocycles. The molecule has 0 bridgehead atoms. The molecule has 2 heteroatoms. The van der Waals surface area contributed by atoms with Crippen molar-refractivity contribution in [3.05, 3.63) is 58.6 Å². The van der Waals surface area contributed by atoms with Crippen molar-refractivity contribution in [3.8, 4) is 0 Å². The highest BCUT2D eigenvalue weighted by atomic mass is 35.5. The van der Waals surface area contributed by atoms with E-state index in [2.05, 4.69) is 49.5 Å². The Kier molecular flexibility index (Phi) is 2.20.